The van der Waals surface area contributed by atoms with Crippen LogP contribution in [0.15, 0.2) is 42.9 Å². The number of ether oxygens (including phenoxy) is 1. The summed E-state index contributed by atoms with van der Waals surface area (Å²) in [5, 5.41) is 15.5. The molecule has 5 rings (SSSR count). The van der Waals surface area contributed by atoms with Crippen LogP contribution in [0, 0.1) is 5.82 Å². The molecule has 0 spiro atoms. The molecule has 2 N–H and O–H groups in total. The molecule has 0 unspecified atom stereocenters. The summed E-state index contributed by atoms with van der Waals surface area (Å²) in [6.07, 6.45) is 7.32. The lowest BCUT2D eigenvalue weighted by Gasteiger charge is -2.23. The van der Waals surface area contributed by atoms with Gasteiger partial charge in [0.15, 0.2) is 5.65 Å². The van der Waals surface area contributed by atoms with Crippen molar-refractivity contribution in [2.75, 3.05) is 18.4 Å². The SMILES string of the molecule is CC(C)c1cnn2c(NCc3ccc(F)cc3-n3cccn3)nc(O[C@@H]3CCCNC3)nc12. The molecule has 4 heterocycles. The summed E-state index contributed by atoms with van der Waals surface area (Å²) < 4.78 is 23.4. The minimum absolute atomic E-state index is 0.0305. The highest BCUT2D eigenvalue weighted by atomic mass is 19.1. The quantitative estimate of drug-likeness (QED) is 0.446. The van der Waals surface area contributed by atoms with E-state index in [1.54, 1.807) is 33.7 Å². The van der Waals surface area contributed by atoms with Gasteiger partial charge < -0.3 is 15.4 Å². The van der Waals surface area contributed by atoms with Gasteiger partial charge in [0.05, 0.1) is 11.9 Å². The Hall–Kier alpha value is -3.53. The number of hydrogen-bond donors (Lipinski definition) is 2. The Morgan fingerprint density at radius 3 is 2.94 bits per heavy atom. The maximum absolute atomic E-state index is 13.9. The van der Waals surface area contributed by atoms with Crippen molar-refractivity contribution in [3.8, 4) is 11.7 Å². The first-order valence-electron chi connectivity index (χ1n) is 11.2. The monoisotopic (exact) mass is 450 g/mol. The van der Waals surface area contributed by atoms with Gasteiger partial charge >= 0.3 is 6.01 Å². The second-order valence-corrected chi connectivity index (χ2v) is 8.48. The molecule has 1 fully saturated rings. The summed E-state index contributed by atoms with van der Waals surface area (Å²) in [4.78, 5) is 9.30. The van der Waals surface area contributed by atoms with Crippen molar-refractivity contribution in [2.45, 2.75) is 45.3 Å². The molecule has 1 saturated heterocycles. The van der Waals surface area contributed by atoms with Gasteiger partial charge in [-0.1, -0.05) is 19.9 Å². The van der Waals surface area contributed by atoms with Gasteiger partial charge in [-0.2, -0.15) is 24.7 Å². The molecule has 9 nitrogen and oxygen atoms in total. The van der Waals surface area contributed by atoms with Gasteiger partial charge in [0, 0.05) is 31.0 Å². The molecule has 1 aliphatic rings. The number of anilines is 1. The zero-order valence-electron chi connectivity index (χ0n) is 18.7. The van der Waals surface area contributed by atoms with Crippen molar-refractivity contribution >= 4 is 11.6 Å². The first-order valence-corrected chi connectivity index (χ1v) is 11.2. The molecule has 3 aromatic heterocycles. The number of nitrogens with zero attached hydrogens (tertiary/aromatic N) is 6. The average molecular weight is 451 g/mol. The summed E-state index contributed by atoms with van der Waals surface area (Å²) in [7, 11) is 0. The third-order valence-corrected chi connectivity index (χ3v) is 5.76. The minimum atomic E-state index is -0.320. The van der Waals surface area contributed by atoms with Gasteiger partial charge in [0.25, 0.3) is 0 Å². The molecular weight excluding hydrogens is 423 g/mol. The minimum Gasteiger partial charge on any atom is -0.459 e. The Kier molecular flexibility index (Phi) is 5.91. The highest BCUT2D eigenvalue weighted by molar-refractivity contribution is 5.53. The Bertz CT molecular complexity index is 1230. The van der Waals surface area contributed by atoms with E-state index < -0.39 is 0 Å². The zero-order valence-corrected chi connectivity index (χ0v) is 18.7. The first kappa shape index (κ1) is 21.3. The predicted octanol–water partition coefficient (Wildman–Crippen LogP) is 3.32. The van der Waals surface area contributed by atoms with Crippen LogP contribution in [0.3, 0.4) is 0 Å². The van der Waals surface area contributed by atoms with Gasteiger partial charge in [0.2, 0.25) is 5.95 Å². The van der Waals surface area contributed by atoms with Crippen LogP contribution in [0.2, 0.25) is 0 Å². The van der Waals surface area contributed by atoms with Gasteiger partial charge in [-0.15, -0.1) is 0 Å². The highest BCUT2D eigenvalue weighted by Crippen LogP contribution is 2.24. The number of fused-ring (bicyclic) bond motifs is 1. The van der Waals surface area contributed by atoms with Crippen LogP contribution < -0.4 is 15.4 Å². The van der Waals surface area contributed by atoms with E-state index in [4.69, 9.17) is 4.74 Å². The topological polar surface area (TPSA) is 94.2 Å². The fourth-order valence-electron chi connectivity index (χ4n) is 4.00. The van der Waals surface area contributed by atoms with Crippen molar-refractivity contribution < 1.29 is 9.13 Å². The Morgan fingerprint density at radius 2 is 2.18 bits per heavy atom. The predicted molar refractivity (Wildman–Crippen MR) is 122 cm³/mol. The van der Waals surface area contributed by atoms with Gasteiger partial charge in [-0.3, -0.25) is 0 Å². The highest BCUT2D eigenvalue weighted by Gasteiger charge is 2.20. The van der Waals surface area contributed by atoms with E-state index in [1.165, 1.54) is 12.1 Å². The smallest absolute Gasteiger partial charge is 0.322 e. The Labute approximate surface area is 191 Å². The third kappa shape index (κ3) is 4.51. The molecule has 0 amide bonds. The summed E-state index contributed by atoms with van der Waals surface area (Å²) in [6, 6.07) is 6.78. The zero-order chi connectivity index (χ0) is 22.8. The van der Waals surface area contributed by atoms with Gasteiger partial charge in [0.1, 0.15) is 11.9 Å². The number of aromatic nitrogens is 6. The van der Waals surface area contributed by atoms with E-state index in [0.717, 1.165) is 37.1 Å². The van der Waals surface area contributed by atoms with Crippen molar-refractivity contribution in [2.24, 2.45) is 0 Å². The Morgan fingerprint density at radius 1 is 1.27 bits per heavy atom. The molecule has 1 aromatic carbocycles. The standard InChI is InChI=1S/C23H27FN8O/c1-15(2)19-14-28-32-21(19)29-23(33-18-5-3-8-25-13-18)30-22(32)26-12-16-6-7-17(24)11-20(16)31-10-4-9-27-31/h4,6-7,9-11,14-15,18,25H,3,5,8,12-13H2,1-2H3,(H,26,29,30)/t18-/m1/s1. The fraction of sp³-hybridized carbons (Fsp3) is 0.391. The number of piperidine rings is 1. The summed E-state index contributed by atoms with van der Waals surface area (Å²) in [5.41, 5.74) is 3.26. The normalized spacial score (nSPS) is 16.4. The van der Waals surface area contributed by atoms with E-state index in [-0.39, 0.29) is 17.8 Å². The lowest BCUT2D eigenvalue weighted by atomic mass is 10.1. The maximum Gasteiger partial charge on any atom is 0.322 e. The molecule has 172 valence electrons. The van der Waals surface area contributed by atoms with Crippen LogP contribution >= 0.6 is 0 Å². The molecular formula is C23H27FN8O. The summed E-state index contributed by atoms with van der Waals surface area (Å²) in [5.74, 6) is 0.443. The summed E-state index contributed by atoms with van der Waals surface area (Å²) >= 11 is 0. The van der Waals surface area contributed by atoms with Gasteiger partial charge in [-0.05, 0) is 49.1 Å². The number of hydrogen-bond acceptors (Lipinski definition) is 7. The molecule has 0 saturated carbocycles. The van der Waals surface area contributed by atoms with E-state index in [1.807, 2.05) is 6.20 Å². The number of rotatable bonds is 7. The molecule has 0 bridgehead atoms. The molecule has 0 radical (unpaired) electrons. The third-order valence-electron chi connectivity index (χ3n) is 5.76. The molecule has 0 aliphatic carbocycles. The van der Waals surface area contributed by atoms with E-state index >= 15 is 0 Å². The average Bonchev–Trinajstić information content (AvgIpc) is 3.49. The fourth-order valence-corrected chi connectivity index (χ4v) is 4.00. The van der Waals surface area contributed by atoms with E-state index in [2.05, 4.69) is 44.6 Å². The molecule has 10 heteroatoms. The van der Waals surface area contributed by atoms with Crippen LogP contribution in [-0.2, 0) is 6.54 Å². The molecule has 1 atom stereocenters. The summed E-state index contributed by atoms with van der Waals surface area (Å²) in [6.45, 7) is 6.38. The van der Waals surface area contributed by atoms with E-state index in [9.17, 15) is 4.39 Å². The van der Waals surface area contributed by atoms with Crippen LogP contribution in [0.4, 0.5) is 10.3 Å². The molecule has 4 aromatic rings. The number of nitrogens with one attached hydrogen (secondary N) is 2. The van der Waals surface area contributed by atoms with Crippen LogP contribution in [-0.4, -0.2) is 48.6 Å². The lowest BCUT2D eigenvalue weighted by molar-refractivity contribution is 0.153. The largest absolute Gasteiger partial charge is 0.459 e. The van der Waals surface area contributed by atoms with Crippen molar-refractivity contribution in [3.63, 3.8) is 0 Å². The number of benzene rings is 1. The van der Waals surface area contributed by atoms with Crippen LogP contribution in [0.25, 0.3) is 11.3 Å². The van der Waals surface area contributed by atoms with Crippen LogP contribution in [0.5, 0.6) is 6.01 Å². The van der Waals surface area contributed by atoms with Crippen molar-refractivity contribution in [1.29, 1.82) is 0 Å². The van der Waals surface area contributed by atoms with Crippen LogP contribution in [0.1, 0.15) is 43.7 Å². The second-order valence-electron chi connectivity index (χ2n) is 8.48. The molecule has 33 heavy (non-hydrogen) atoms. The molecule has 1 aliphatic heterocycles. The first-order chi connectivity index (χ1) is 16.1. The van der Waals surface area contributed by atoms with Crippen molar-refractivity contribution in [3.05, 3.63) is 59.8 Å². The Balaban J connectivity index is 1.47. The maximum atomic E-state index is 13.9. The number of halogens is 1. The second kappa shape index (κ2) is 9.14. The van der Waals surface area contributed by atoms with E-state index in [0.29, 0.717) is 29.8 Å². The van der Waals surface area contributed by atoms with Crippen molar-refractivity contribution in [1.82, 2.24) is 34.7 Å². The van der Waals surface area contributed by atoms with Gasteiger partial charge in [-0.25, -0.2) is 9.07 Å². The lowest BCUT2D eigenvalue weighted by Crippen LogP contribution is -2.37.